The van der Waals surface area contributed by atoms with Crippen molar-refractivity contribution in [2.24, 2.45) is 17.6 Å². The molecule has 74 valence electrons. The fraction of sp³-hybridized carbons (Fsp3) is 0.833. The van der Waals surface area contributed by atoms with Crippen LogP contribution in [0.25, 0.3) is 0 Å². The summed E-state index contributed by atoms with van der Waals surface area (Å²) in [7, 11) is 0. The third-order valence-corrected chi connectivity index (χ3v) is 3.28. The highest BCUT2D eigenvalue weighted by molar-refractivity contribution is 4.99. The zero-order valence-electron chi connectivity index (χ0n) is 8.84. The van der Waals surface area contributed by atoms with Crippen LogP contribution in [0, 0.1) is 23.7 Å². The standard InChI is InChI=1S/C12H21N/c1-3-5-6-12(13)11-8-7-10(4-2)9-11/h10-12H,4,6-9,13H2,1-2H3. The van der Waals surface area contributed by atoms with Gasteiger partial charge in [0, 0.05) is 12.5 Å². The van der Waals surface area contributed by atoms with E-state index in [0.717, 1.165) is 18.3 Å². The molecule has 2 N–H and O–H groups in total. The van der Waals surface area contributed by atoms with Crippen molar-refractivity contribution in [1.29, 1.82) is 0 Å². The average Bonchev–Trinajstić information content (AvgIpc) is 2.62. The molecule has 1 rings (SSSR count). The predicted molar refractivity (Wildman–Crippen MR) is 57.2 cm³/mol. The molecule has 0 spiro atoms. The van der Waals surface area contributed by atoms with Crippen molar-refractivity contribution in [3.8, 4) is 11.8 Å². The third-order valence-electron chi connectivity index (χ3n) is 3.28. The molecule has 1 aliphatic carbocycles. The van der Waals surface area contributed by atoms with Gasteiger partial charge in [0.05, 0.1) is 0 Å². The van der Waals surface area contributed by atoms with Crippen LogP contribution in [-0.2, 0) is 0 Å². The van der Waals surface area contributed by atoms with Crippen LogP contribution in [0.2, 0.25) is 0 Å². The van der Waals surface area contributed by atoms with E-state index in [1.54, 1.807) is 0 Å². The predicted octanol–water partition coefficient (Wildman–Crippen LogP) is 2.55. The highest BCUT2D eigenvalue weighted by atomic mass is 14.7. The molecule has 1 fully saturated rings. The van der Waals surface area contributed by atoms with Gasteiger partial charge in [-0.25, -0.2) is 0 Å². The lowest BCUT2D eigenvalue weighted by atomic mass is 9.94. The van der Waals surface area contributed by atoms with E-state index in [1.165, 1.54) is 25.7 Å². The molecule has 0 bridgehead atoms. The summed E-state index contributed by atoms with van der Waals surface area (Å²) < 4.78 is 0. The normalized spacial score (nSPS) is 29.5. The van der Waals surface area contributed by atoms with E-state index >= 15 is 0 Å². The van der Waals surface area contributed by atoms with Crippen LogP contribution in [0.4, 0.5) is 0 Å². The summed E-state index contributed by atoms with van der Waals surface area (Å²) >= 11 is 0. The van der Waals surface area contributed by atoms with Gasteiger partial charge >= 0.3 is 0 Å². The molecule has 13 heavy (non-hydrogen) atoms. The first kappa shape index (κ1) is 10.6. The summed E-state index contributed by atoms with van der Waals surface area (Å²) in [6.07, 6.45) is 6.25. The lowest BCUT2D eigenvalue weighted by Crippen LogP contribution is -2.27. The fourth-order valence-electron chi connectivity index (χ4n) is 2.26. The summed E-state index contributed by atoms with van der Waals surface area (Å²) in [5.41, 5.74) is 6.08. The Morgan fingerprint density at radius 2 is 2.23 bits per heavy atom. The molecule has 0 aliphatic heterocycles. The maximum atomic E-state index is 6.08. The summed E-state index contributed by atoms with van der Waals surface area (Å²) in [6.45, 7) is 4.17. The largest absolute Gasteiger partial charge is 0.327 e. The molecule has 0 aromatic heterocycles. The van der Waals surface area contributed by atoms with Crippen molar-refractivity contribution < 1.29 is 0 Å². The molecule has 3 unspecified atom stereocenters. The van der Waals surface area contributed by atoms with E-state index in [9.17, 15) is 0 Å². The van der Waals surface area contributed by atoms with E-state index in [4.69, 9.17) is 5.73 Å². The van der Waals surface area contributed by atoms with Crippen molar-refractivity contribution in [2.45, 2.75) is 52.0 Å². The second-order valence-corrected chi connectivity index (χ2v) is 4.14. The Morgan fingerprint density at radius 3 is 2.77 bits per heavy atom. The second kappa shape index (κ2) is 5.29. The SMILES string of the molecule is CC#CCC(N)C1CCC(CC)C1. The molecule has 0 aromatic rings. The maximum Gasteiger partial charge on any atom is 0.0243 e. The van der Waals surface area contributed by atoms with Gasteiger partial charge in [0.15, 0.2) is 0 Å². The zero-order chi connectivity index (χ0) is 9.68. The molecule has 3 atom stereocenters. The second-order valence-electron chi connectivity index (χ2n) is 4.14. The van der Waals surface area contributed by atoms with Crippen molar-refractivity contribution in [2.75, 3.05) is 0 Å². The Bertz CT molecular complexity index is 199. The molecule has 1 nitrogen and oxygen atoms in total. The van der Waals surface area contributed by atoms with E-state index < -0.39 is 0 Å². The average molecular weight is 179 g/mol. The van der Waals surface area contributed by atoms with Crippen LogP contribution in [0.5, 0.6) is 0 Å². The molecule has 1 aliphatic rings. The van der Waals surface area contributed by atoms with Gasteiger partial charge in [0.2, 0.25) is 0 Å². The van der Waals surface area contributed by atoms with E-state index in [2.05, 4.69) is 18.8 Å². The molecule has 0 aromatic carbocycles. The smallest absolute Gasteiger partial charge is 0.0243 e. The summed E-state index contributed by atoms with van der Waals surface area (Å²) in [5.74, 6) is 7.68. The van der Waals surface area contributed by atoms with Gasteiger partial charge in [-0.2, -0.15) is 0 Å². The van der Waals surface area contributed by atoms with Crippen molar-refractivity contribution in [3.05, 3.63) is 0 Å². The molecule has 1 saturated carbocycles. The van der Waals surface area contributed by atoms with Crippen LogP contribution in [0.3, 0.4) is 0 Å². The maximum absolute atomic E-state index is 6.08. The van der Waals surface area contributed by atoms with E-state index in [-0.39, 0.29) is 0 Å². The molecule has 0 amide bonds. The summed E-state index contributed by atoms with van der Waals surface area (Å²) in [6, 6.07) is 0.323. The number of hydrogen-bond acceptors (Lipinski definition) is 1. The minimum absolute atomic E-state index is 0.323. The highest BCUT2D eigenvalue weighted by Crippen LogP contribution is 2.34. The molecule has 1 heteroatoms. The Kier molecular flexibility index (Phi) is 4.32. The Morgan fingerprint density at radius 1 is 1.46 bits per heavy atom. The molecule has 0 saturated heterocycles. The van der Waals surface area contributed by atoms with Gasteiger partial charge < -0.3 is 5.73 Å². The Labute approximate surface area is 82.1 Å². The minimum Gasteiger partial charge on any atom is -0.327 e. The van der Waals surface area contributed by atoms with Crippen LogP contribution in [0.15, 0.2) is 0 Å². The Balaban J connectivity index is 2.31. The molecule has 0 radical (unpaired) electrons. The molecular formula is C12H21N. The van der Waals surface area contributed by atoms with Crippen LogP contribution in [-0.4, -0.2) is 6.04 Å². The topological polar surface area (TPSA) is 26.0 Å². The van der Waals surface area contributed by atoms with Crippen LogP contribution in [0.1, 0.15) is 46.0 Å². The molecule has 0 heterocycles. The van der Waals surface area contributed by atoms with Crippen LogP contribution >= 0.6 is 0 Å². The van der Waals surface area contributed by atoms with Gasteiger partial charge in [-0.15, -0.1) is 11.8 Å². The van der Waals surface area contributed by atoms with Crippen molar-refractivity contribution >= 4 is 0 Å². The quantitative estimate of drug-likeness (QED) is 0.662. The highest BCUT2D eigenvalue weighted by Gasteiger charge is 2.27. The lowest BCUT2D eigenvalue weighted by Gasteiger charge is -2.16. The monoisotopic (exact) mass is 179 g/mol. The fourth-order valence-corrected chi connectivity index (χ4v) is 2.26. The first-order valence-electron chi connectivity index (χ1n) is 5.43. The van der Waals surface area contributed by atoms with Crippen molar-refractivity contribution in [3.63, 3.8) is 0 Å². The van der Waals surface area contributed by atoms with Gasteiger partial charge in [-0.05, 0) is 31.6 Å². The van der Waals surface area contributed by atoms with Gasteiger partial charge in [0.1, 0.15) is 0 Å². The number of rotatable bonds is 3. The first-order valence-corrected chi connectivity index (χ1v) is 5.43. The van der Waals surface area contributed by atoms with Gasteiger partial charge in [-0.3, -0.25) is 0 Å². The number of hydrogen-bond donors (Lipinski definition) is 1. The Hall–Kier alpha value is -0.480. The molecular weight excluding hydrogens is 158 g/mol. The van der Waals surface area contributed by atoms with Crippen molar-refractivity contribution in [1.82, 2.24) is 0 Å². The number of nitrogens with two attached hydrogens (primary N) is 1. The van der Waals surface area contributed by atoms with Crippen LogP contribution < -0.4 is 5.73 Å². The zero-order valence-corrected chi connectivity index (χ0v) is 8.84. The lowest BCUT2D eigenvalue weighted by molar-refractivity contribution is 0.412. The van der Waals surface area contributed by atoms with E-state index in [1.807, 2.05) is 6.92 Å². The first-order chi connectivity index (χ1) is 6.27. The summed E-state index contributed by atoms with van der Waals surface area (Å²) in [4.78, 5) is 0. The van der Waals surface area contributed by atoms with E-state index in [0.29, 0.717) is 6.04 Å². The minimum atomic E-state index is 0.323. The summed E-state index contributed by atoms with van der Waals surface area (Å²) in [5, 5.41) is 0. The van der Waals surface area contributed by atoms with Gasteiger partial charge in [0.25, 0.3) is 0 Å². The van der Waals surface area contributed by atoms with Gasteiger partial charge in [-0.1, -0.05) is 19.8 Å². The third kappa shape index (κ3) is 3.04.